The standard InChI is InChI=1S/C20H24N2O2S/c1-2-3-11-22-14-20(9-4-5-10-20)25-19(22)21-18(23)16-6-7-17-15(13-16)8-12-24-17/h6-8,12-13H,2-5,9-11,14H2,1H3/b21-19-. The predicted octanol–water partition coefficient (Wildman–Crippen LogP) is 5.09. The average molecular weight is 356 g/mol. The number of amides is 1. The third-order valence-corrected chi connectivity index (χ3v) is 6.75. The maximum atomic E-state index is 12.7. The topological polar surface area (TPSA) is 45.8 Å². The third-order valence-electron chi connectivity index (χ3n) is 5.25. The molecular formula is C20H24N2O2S. The molecule has 2 heterocycles. The Kier molecular flexibility index (Phi) is 4.59. The van der Waals surface area contributed by atoms with Crippen molar-refractivity contribution in [2.24, 2.45) is 4.99 Å². The van der Waals surface area contributed by atoms with Crippen LogP contribution in [0.3, 0.4) is 0 Å². The number of carbonyl (C=O) groups is 1. The molecule has 0 atom stereocenters. The molecule has 0 bridgehead atoms. The molecule has 2 fully saturated rings. The highest BCUT2D eigenvalue weighted by Gasteiger charge is 2.44. The van der Waals surface area contributed by atoms with E-state index in [4.69, 9.17) is 4.42 Å². The van der Waals surface area contributed by atoms with Gasteiger partial charge in [-0.3, -0.25) is 4.79 Å². The molecule has 4 nitrogen and oxygen atoms in total. The Morgan fingerprint density at radius 1 is 1.32 bits per heavy atom. The summed E-state index contributed by atoms with van der Waals surface area (Å²) in [5.74, 6) is -0.151. The van der Waals surface area contributed by atoms with E-state index in [0.29, 0.717) is 10.3 Å². The van der Waals surface area contributed by atoms with E-state index in [1.54, 1.807) is 12.3 Å². The van der Waals surface area contributed by atoms with Gasteiger partial charge < -0.3 is 9.32 Å². The van der Waals surface area contributed by atoms with Crippen LogP contribution in [0.4, 0.5) is 0 Å². The van der Waals surface area contributed by atoms with Crippen LogP contribution in [0.2, 0.25) is 0 Å². The number of benzene rings is 1. The van der Waals surface area contributed by atoms with E-state index >= 15 is 0 Å². The van der Waals surface area contributed by atoms with Crippen LogP contribution >= 0.6 is 11.8 Å². The molecule has 4 rings (SSSR count). The second-order valence-corrected chi connectivity index (χ2v) is 8.58. The molecular weight excluding hydrogens is 332 g/mol. The average Bonchev–Trinajstić information content (AvgIpc) is 3.33. The van der Waals surface area contributed by atoms with Gasteiger partial charge in [-0.05, 0) is 43.5 Å². The number of thioether (sulfide) groups is 1. The zero-order valence-corrected chi connectivity index (χ0v) is 15.5. The number of aliphatic imine (C=N–C) groups is 1. The molecule has 0 radical (unpaired) electrons. The first-order chi connectivity index (χ1) is 12.2. The number of hydrogen-bond acceptors (Lipinski definition) is 3. The van der Waals surface area contributed by atoms with Crippen molar-refractivity contribution in [2.75, 3.05) is 13.1 Å². The molecule has 132 valence electrons. The van der Waals surface area contributed by atoms with Crippen molar-refractivity contribution in [3.8, 4) is 0 Å². The molecule has 0 N–H and O–H groups in total. The smallest absolute Gasteiger partial charge is 0.279 e. The van der Waals surface area contributed by atoms with Crippen LogP contribution in [-0.4, -0.2) is 33.8 Å². The van der Waals surface area contributed by atoms with Crippen molar-refractivity contribution < 1.29 is 9.21 Å². The second-order valence-electron chi connectivity index (χ2n) is 7.14. The number of rotatable bonds is 4. The first kappa shape index (κ1) is 16.7. The maximum Gasteiger partial charge on any atom is 0.279 e. The van der Waals surface area contributed by atoms with Crippen LogP contribution < -0.4 is 0 Å². The molecule has 2 aliphatic rings. The minimum atomic E-state index is -0.151. The Morgan fingerprint density at radius 3 is 2.96 bits per heavy atom. The lowest BCUT2D eigenvalue weighted by molar-refractivity contribution is 0.100. The van der Waals surface area contributed by atoms with Gasteiger partial charge in [0.25, 0.3) is 5.91 Å². The fourth-order valence-electron chi connectivity index (χ4n) is 3.85. The van der Waals surface area contributed by atoms with E-state index in [-0.39, 0.29) is 5.91 Å². The Labute approximate surface area is 152 Å². The monoisotopic (exact) mass is 356 g/mol. The van der Waals surface area contributed by atoms with E-state index < -0.39 is 0 Å². The summed E-state index contributed by atoms with van der Waals surface area (Å²) in [6.45, 7) is 4.25. The number of unbranched alkanes of at least 4 members (excludes halogenated alkanes) is 1. The zero-order chi connectivity index (χ0) is 17.3. The number of fused-ring (bicyclic) bond motifs is 1. The molecule has 0 unspecified atom stereocenters. The first-order valence-corrected chi connectivity index (χ1v) is 10.0. The van der Waals surface area contributed by atoms with E-state index in [2.05, 4.69) is 16.8 Å². The van der Waals surface area contributed by atoms with Crippen molar-refractivity contribution in [3.63, 3.8) is 0 Å². The van der Waals surface area contributed by atoms with Gasteiger partial charge in [0.15, 0.2) is 5.17 Å². The van der Waals surface area contributed by atoms with Gasteiger partial charge in [-0.2, -0.15) is 4.99 Å². The fraction of sp³-hybridized carbons (Fsp3) is 0.500. The van der Waals surface area contributed by atoms with Crippen molar-refractivity contribution in [1.29, 1.82) is 0 Å². The van der Waals surface area contributed by atoms with Gasteiger partial charge in [-0.25, -0.2) is 0 Å². The van der Waals surface area contributed by atoms with Crippen LogP contribution in [-0.2, 0) is 0 Å². The molecule has 1 aliphatic heterocycles. The minimum Gasteiger partial charge on any atom is -0.464 e. The molecule has 1 amide bonds. The van der Waals surface area contributed by atoms with Crippen molar-refractivity contribution >= 4 is 33.8 Å². The van der Waals surface area contributed by atoms with Crippen LogP contribution in [0.25, 0.3) is 11.0 Å². The molecule has 1 saturated carbocycles. The van der Waals surface area contributed by atoms with E-state index in [0.717, 1.165) is 42.1 Å². The Morgan fingerprint density at radius 2 is 2.16 bits per heavy atom. The number of hydrogen-bond donors (Lipinski definition) is 0. The number of amidine groups is 1. The van der Waals surface area contributed by atoms with E-state index in [9.17, 15) is 4.79 Å². The van der Waals surface area contributed by atoms with Crippen LogP contribution in [0.1, 0.15) is 55.8 Å². The SMILES string of the molecule is CCCCN1CC2(CCCC2)S/C1=N\C(=O)c1ccc2occc2c1. The largest absolute Gasteiger partial charge is 0.464 e. The Hall–Kier alpha value is -1.75. The summed E-state index contributed by atoms with van der Waals surface area (Å²) in [4.78, 5) is 19.6. The lowest BCUT2D eigenvalue weighted by Gasteiger charge is -2.21. The van der Waals surface area contributed by atoms with Gasteiger partial charge in [0, 0.05) is 28.8 Å². The summed E-state index contributed by atoms with van der Waals surface area (Å²) >= 11 is 1.84. The maximum absolute atomic E-state index is 12.7. The van der Waals surface area contributed by atoms with Gasteiger partial charge in [0.2, 0.25) is 0 Å². The molecule has 1 spiro atoms. The first-order valence-electron chi connectivity index (χ1n) is 9.23. The lowest BCUT2D eigenvalue weighted by Crippen LogP contribution is -2.31. The lowest BCUT2D eigenvalue weighted by atomic mass is 10.1. The predicted molar refractivity (Wildman–Crippen MR) is 103 cm³/mol. The van der Waals surface area contributed by atoms with Crippen LogP contribution in [0.5, 0.6) is 0 Å². The third kappa shape index (κ3) is 3.34. The summed E-state index contributed by atoms with van der Waals surface area (Å²) in [5, 5.41) is 1.87. The Balaban J connectivity index is 1.58. The van der Waals surface area contributed by atoms with E-state index in [1.165, 1.54) is 25.7 Å². The van der Waals surface area contributed by atoms with Crippen molar-refractivity contribution in [2.45, 2.75) is 50.2 Å². The summed E-state index contributed by atoms with van der Waals surface area (Å²) in [6.07, 6.45) is 9.04. The highest BCUT2D eigenvalue weighted by atomic mass is 32.2. The summed E-state index contributed by atoms with van der Waals surface area (Å²) in [5.41, 5.74) is 1.43. The van der Waals surface area contributed by atoms with E-state index in [1.807, 2.05) is 30.0 Å². The number of carbonyl (C=O) groups excluding carboxylic acids is 1. The van der Waals surface area contributed by atoms with Gasteiger partial charge in [-0.1, -0.05) is 37.9 Å². The van der Waals surface area contributed by atoms with Gasteiger partial charge in [0.1, 0.15) is 5.58 Å². The minimum absolute atomic E-state index is 0.151. The van der Waals surface area contributed by atoms with Gasteiger partial charge in [0.05, 0.1) is 6.26 Å². The van der Waals surface area contributed by atoms with Gasteiger partial charge in [-0.15, -0.1) is 0 Å². The molecule has 5 heteroatoms. The molecule has 25 heavy (non-hydrogen) atoms. The molecule has 1 saturated heterocycles. The highest BCUT2D eigenvalue weighted by molar-refractivity contribution is 8.15. The molecule has 1 aromatic heterocycles. The van der Waals surface area contributed by atoms with Crippen molar-refractivity contribution in [1.82, 2.24) is 4.90 Å². The molecule has 2 aromatic rings. The van der Waals surface area contributed by atoms with Gasteiger partial charge >= 0.3 is 0 Å². The summed E-state index contributed by atoms with van der Waals surface area (Å²) in [7, 11) is 0. The second kappa shape index (κ2) is 6.87. The van der Waals surface area contributed by atoms with Crippen LogP contribution in [0, 0.1) is 0 Å². The molecule has 1 aliphatic carbocycles. The summed E-state index contributed by atoms with van der Waals surface area (Å²) in [6, 6.07) is 7.40. The highest BCUT2D eigenvalue weighted by Crippen LogP contribution is 2.47. The van der Waals surface area contributed by atoms with Crippen LogP contribution in [0.15, 0.2) is 39.9 Å². The number of nitrogens with zero attached hydrogens (tertiary/aromatic N) is 2. The zero-order valence-electron chi connectivity index (χ0n) is 14.7. The molecule has 1 aromatic carbocycles. The Bertz CT molecular complexity index is 805. The fourth-order valence-corrected chi connectivity index (χ4v) is 5.37. The quantitative estimate of drug-likeness (QED) is 0.765. The van der Waals surface area contributed by atoms with Crippen molar-refractivity contribution in [3.05, 3.63) is 36.1 Å². The summed E-state index contributed by atoms with van der Waals surface area (Å²) < 4.78 is 5.64. The number of furan rings is 1. The normalized spacial score (nSPS) is 21.0.